The Morgan fingerprint density at radius 1 is 1.29 bits per heavy atom. The predicted octanol–water partition coefficient (Wildman–Crippen LogP) is 3.06. The molecule has 0 aliphatic carbocycles. The fourth-order valence-corrected chi connectivity index (χ4v) is 1.90. The highest BCUT2D eigenvalue weighted by atomic mass is 35.6. The predicted molar refractivity (Wildman–Crippen MR) is 88.7 cm³/mol. The lowest BCUT2D eigenvalue weighted by Gasteiger charge is -2.27. The number of rotatable bonds is 4. The van der Waals surface area contributed by atoms with E-state index in [-0.39, 0.29) is 5.11 Å². The first kappa shape index (κ1) is 18.2. The molecule has 0 fully saturated rings. The third kappa shape index (κ3) is 6.65. The van der Waals surface area contributed by atoms with Crippen LogP contribution in [0.1, 0.15) is 5.56 Å². The van der Waals surface area contributed by atoms with E-state index in [0.717, 1.165) is 11.3 Å². The molecule has 3 N–H and O–H groups in total. The number of halogens is 4. The Bertz CT molecular complexity index is 507. The van der Waals surface area contributed by atoms with Crippen LogP contribution in [0.25, 0.3) is 0 Å². The van der Waals surface area contributed by atoms with Crippen LogP contribution in [-0.4, -0.2) is 27.7 Å². The van der Waals surface area contributed by atoms with Gasteiger partial charge in [-0.05, 0) is 31.3 Å². The average molecular weight is 373 g/mol. The van der Waals surface area contributed by atoms with Crippen LogP contribution in [0.15, 0.2) is 24.3 Å². The number of carbonyl (C=O) groups is 1. The molecule has 4 nitrogen and oxygen atoms in total. The summed E-state index contributed by atoms with van der Waals surface area (Å²) in [5, 5.41) is 7.78. The number of alkyl halides is 4. The van der Waals surface area contributed by atoms with Crippen LogP contribution in [0.4, 0.5) is 10.1 Å². The molecule has 9 heteroatoms. The minimum atomic E-state index is -1.90. The van der Waals surface area contributed by atoms with Gasteiger partial charge in [0.25, 0.3) is 5.91 Å². The Labute approximate surface area is 142 Å². The van der Waals surface area contributed by atoms with Gasteiger partial charge in [0.05, 0.1) is 0 Å². The van der Waals surface area contributed by atoms with Gasteiger partial charge in [-0.3, -0.25) is 4.79 Å². The lowest BCUT2D eigenvalue weighted by molar-refractivity contribution is -0.122. The van der Waals surface area contributed by atoms with Gasteiger partial charge in [0.2, 0.25) is 3.79 Å². The molecule has 0 bridgehead atoms. The Morgan fingerprint density at radius 2 is 1.86 bits per heavy atom. The van der Waals surface area contributed by atoms with Crippen LogP contribution in [0.5, 0.6) is 0 Å². The van der Waals surface area contributed by atoms with Gasteiger partial charge >= 0.3 is 0 Å². The number of carbonyl (C=O) groups excluding carboxylic acids is 1. The molecule has 0 aromatic heterocycles. The number of benzene rings is 1. The van der Waals surface area contributed by atoms with E-state index in [1.54, 1.807) is 0 Å². The van der Waals surface area contributed by atoms with Crippen LogP contribution in [0.3, 0.4) is 0 Å². The summed E-state index contributed by atoms with van der Waals surface area (Å²) < 4.78 is 10.3. The maximum atomic E-state index is 12.2. The van der Waals surface area contributed by atoms with Crippen molar-refractivity contribution in [2.45, 2.75) is 16.9 Å². The standard InChI is InChI=1S/C12H13Cl3FN3OS/c1-7-2-4-8(5-3-7)17-11(21)19-10(12(13,14)15)18-9(20)6-16/h2-5,10H,6H2,1H3,(H,18,20)(H2,17,19,21)/t10-/m1/s1. The van der Waals surface area contributed by atoms with Gasteiger partial charge in [0, 0.05) is 5.69 Å². The minimum absolute atomic E-state index is 0.120. The summed E-state index contributed by atoms with van der Waals surface area (Å²) in [6.45, 7) is 0.725. The second kappa shape index (κ2) is 7.98. The second-order valence-corrected chi connectivity index (χ2v) is 6.92. The Balaban J connectivity index is 2.67. The van der Waals surface area contributed by atoms with Crippen molar-refractivity contribution in [2.75, 3.05) is 12.0 Å². The minimum Gasteiger partial charge on any atom is -0.339 e. The van der Waals surface area contributed by atoms with E-state index in [2.05, 4.69) is 16.0 Å². The summed E-state index contributed by atoms with van der Waals surface area (Å²) in [6.07, 6.45) is -1.17. The highest BCUT2D eigenvalue weighted by Crippen LogP contribution is 2.29. The molecule has 1 aromatic rings. The van der Waals surface area contributed by atoms with Crippen molar-refractivity contribution in [1.82, 2.24) is 10.6 Å². The fourth-order valence-electron chi connectivity index (χ4n) is 1.33. The van der Waals surface area contributed by atoms with Crippen molar-refractivity contribution in [3.8, 4) is 0 Å². The summed E-state index contributed by atoms with van der Waals surface area (Å²) >= 11 is 22.2. The zero-order valence-electron chi connectivity index (χ0n) is 10.9. The first-order valence-electron chi connectivity index (χ1n) is 5.78. The Kier molecular flexibility index (Phi) is 6.93. The maximum absolute atomic E-state index is 12.2. The molecule has 0 aliphatic heterocycles. The molecule has 0 spiro atoms. The van der Waals surface area contributed by atoms with Crippen molar-refractivity contribution in [2.24, 2.45) is 0 Å². The van der Waals surface area contributed by atoms with Crippen LogP contribution < -0.4 is 16.0 Å². The van der Waals surface area contributed by atoms with E-state index < -0.39 is 22.5 Å². The highest BCUT2D eigenvalue weighted by molar-refractivity contribution is 7.80. The lowest BCUT2D eigenvalue weighted by Crippen LogP contribution is -2.56. The summed E-state index contributed by atoms with van der Waals surface area (Å²) in [5.41, 5.74) is 1.81. The third-order valence-electron chi connectivity index (χ3n) is 2.34. The molecule has 0 unspecified atom stereocenters. The average Bonchev–Trinajstić information content (AvgIpc) is 2.39. The number of hydrogen-bond donors (Lipinski definition) is 3. The van der Waals surface area contributed by atoms with Crippen molar-refractivity contribution in [3.63, 3.8) is 0 Å². The summed E-state index contributed by atoms with van der Waals surface area (Å²) in [4.78, 5) is 11.1. The van der Waals surface area contributed by atoms with Crippen molar-refractivity contribution in [1.29, 1.82) is 0 Å². The van der Waals surface area contributed by atoms with Gasteiger partial charge in [0.15, 0.2) is 11.8 Å². The first-order valence-corrected chi connectivity index (χ1v) is 7.33. The molecule has 21 heavy (non-hydrogen) atoms. The van der Waals surface area contributed by atoms with E-state index in [1.807, 2.05) is 31.2 Å². The fraction of sp³-hybridized carbons (Fsp3) is 0.333. The molecule has 1 amide bonds. The third-order valence-corrected chi connectivity index (χ3v) is 3.21. The summed E-state index contributed by atoms with van der Waals surface area (Å²) in [7, 11) is 0. The van der Waals surface area contributed by atoms with E-state index in [0.29, 0.717) is 0 Å². The van der Waals surface area contributed by atoms with E-state index in [1.165, 1.54) is 0 Å². The molecule has 1 atom stereocenters. The second-order valence-electron chi connectivity index (χ2n) is 4.14. The van der Waals surface area contributed by atoms with Crippen LogP contribution in [0, 0.1) is 6.92 Å². The van der Waals surface area contributed by atoms with E-state index >= 15 is 0 Å². The van der Waals surface area contributed by atoms with Gasteiger partial charge in [-0.15, -0.1) is 0 Å². The number of aryl methyl sites for hydroxylation is 1. The molecule has 0 heterocycles. The topological polar surface area (TPSA) is 53.2 Å². The molecule has 1 aromatic carbocycles. The highest BCUT2D eigenvalue weighted by Gasteiger charge is 2.34. The van der Waals surface area contributed by atoms with Gasteiger partial charge in [-0.25, -0.2) is 4.39 Å². The largest absolute Gasteiger partial charge is 0.339 e. The molecule has 0 radical (unpaired) electrons. The summed E-state index contributed by atoms with van der Waals surface area (Å²) in [6, 6.07) is 7.41. The number of anilines is 1. The smallest absolute Gasteiger partial charge is 0.253 e. The Hall–Kier alpha value is -0.820. The quantitative estimate of drug-likeness (QED) is 0.432. The van der Waals surface area contributed by atoms with E-state index in [4.69, 9.17) is 47.0 Å². The van der Waals surface area contributed by atoms with Gasteiger partial charge in [0.1, 0.15) is 6.17 Å². The normalized spacial score (nSPS) is 12.4. The summed E-state index contributed by atoms with van der Waals surface area (Å²) in [5.74, 6) is -0.919. The first-order chi connectivity index (χ1) is 9.72. The van der Waals surface area contributed by atoms with Gasteiger partial charge in [-0.1, -0.05) is 52.5 Å². The Morgan fingerprint density at radius 3 is 2.33 bits per heavy atom. The molecule has 1 rings (SSSR count). The molecular weight excluding hydrogens is 360 g/mol. The molecule has 0 saturated carbocycles. The molecule has 0 aliphatic rings. The van der Waals surface area contributed by atoms with Crippen molar-refractivity contribution < 1.29 is 9.18 Å². The number of thiocarbonyl (C=S) groups is 1. The monoisotopic (exact) mass is 371 g/mol. The van der Waals surface area contributed by atoms with Gasteiger partial charge in [-0.2, -0.15) is 0 Å². The molecule has 116 valence electrons. The molecule has 0 saturated heterocycles. The number of hydrogen-bond acceptors (Lipinski definition) is 2. The van der Waals surface area contributed by atoms with E-state index in [9.17, 15) is 9.18 Å². The zero-order chi connectivity index (χ0) is 16.0. The zero-order valence-corrected chi connectivity index (χ0v) is 14.0. The maximum Gasteiger partial charge on any atom is 0.253 e. The molecular formula is C12H13Cl3FN3OS. The number of nitrogens with one attached hydrogen (secondary N) is 3. The SMILES string of the molecule is Cc1ccc(NC(=S)N[C@@H](NC(=O)CF)C(Cl)(Cl)Cl)cc1. The lowest BCUT2D eigenvalue weighted by atomic mass is 10.2. The number of amides is 1. The van der Waals surface area contributed by atoms with Crippen molar-refractivity contribution >= 4 is 63.7 Å². The van der Waals surface area contributed by atoms with Gasteiger partial charge < -0.3 is 16.0 Å². The van der Waals surface area contributed by atoms with Crippen LogP contribution >= 0.6 is 47.0 Å². The van der Waals surface area contributed by atoms with Crippen molar-refractivity contribution in [3.05, 3.63) is 29.8 Å². The van der Waals surface area contributed by atoms with Crippen LogP contribution in [-0.2, 0) is 4.79 Å². The van der Waals surface area contributed by atoms with Crippen LogP contribution in [0.2, 0.25) is 0 Å².